The second-order valence-corrected chi connectivity index (χ2v) is 7.39. The monoisotopic (exact) mass is 405 g/mol. The molecule has 0 atom stereocenters. The van der Waals surface area contributed by atoms with Gasteiger partial charge >= 0.3 is 0 Å². The van der Waals surface area contributed by atoms with Crippen molar-refractivity contribution in [2.75, 3.05) is 6.61 Å². The van der Waals surface area contributed by atoms with Gasteiger partial charge in [-0.05, 0) is 41.5 Å². The van der Waals surface area contributed by atoms with Gasteiger partial charge in [0.05, 0.1) is 16.3 Å². The van der Waals surface area contributed by atoms with E-state index in [4.69, 9.17) is 9.94 Å². The first-order valence-corrected chi connectivity index (χ1v) is 9.91. The predicted octanol–water partition coefficient (Wildman–Crippen LogP) is 4.48. The first-order valence-electron chi connectivity index (χ1n) is 9.09. The summed E-state index contributed by atoms with van der Waals surface area (Å²) >= 11 is 1.27. The van der Waals surface area contributed by atoms with Gasteiger partial charge in [-0.2, -0.15) is 5.10 Å². The Kier molecular flexibility index (Phi) is 5.69. The lowest BCUT2D eigenvalue weighted by Crippen LogP contribution is -2.16. The SMILES string of the molecule is O=C(NO)c1ccc(-c2ccn(CCOc3ccc(-c4ccccc4)cc3)n2)s1. The normalized spacial score (nSPS) is 10.7. The van der Waals surface area contributed by atoms with Crippen molar-refractivity contribution in [2.24, 2.45) is 0 Å². The highest BCUT2D eigenvalue weighted by Gasteiger charge is 2.11. The van der Waals surface area contributed by atoms with Crippen molar-refractivity contribution in [1.82, 2.24) is 15.3 Å². The number of amides is 1. The molecule has 0 spiro atoms. The van der Waals surface area contributed by atoms with Gasteiger partial charge in [-0.1, -0.05) is 42.5 Å². The van der Waals surface area contributed by atoms with Crippen LogP contribution >= 0.6 is 11.3 Å². The Morgan fingerprint density at radius 3 is 2.52 bits per heavy atom. The molecule has 0 fully saturated rings. The fourth-order valence-electron chi connectivity index (χ4n) is 2.90. The summed E-state index contributed by atoms with van der Waals surface area (Å²) in [5, 5.41) is 13.2. The van der Waals surface area contributed by atoms with Gasteiger partial charge in [0.15, 0.2) is 0 Å². The summed E-state index contributed by atoms with van der Waals surface area (Å²) in [7, 11) is 0. The van der Waals surface area contributed by atoms with E-state index in [1.54, 1.807) is 16.2 Å². The van der Waals surface area contributed by atoms with Crippen LogP contribution in [0, 0.1) is 0 Å². The molecule has 6 nitrogen and oxygen atoms in total. The molecule has 2 aromatic heterocycles. The topological polar surface area (TPSA) is 76.4 Å². The fraction of sp³-hybridized carbons (Fsp3) is 0.0909. The number of carbonyl (C=O) groups is 1. The molecule has 0 saturated carbocycles. The molecule has 146 valence electrons. The molecule has 2 heterocycles. The van der Waals surface area contributed by atoms with Crippen LogP contribution in [-0.4, -0.2) is 27.5 Å². The second-order valence-electron chi connectivity index (χ2n) is 6.31. The first-order chi connectivity index (χ1) is 14.2. The molecule has 0 bridgehead atoms. The molecule has 0 radical (unpaired) electrons. The van der Waals surface area contributed by atoms with Crippen LogP contribution in [0.2, 0.25) is 0 Å². The largest absolute Gasteiger partial charge is 0.492 e. The van der Waals surface area contributed by atoms with Crippen molar-refractivity contribution in [2.45, 2.75) is 6.54 Å². The number of benzene rings is 2. The summed E-state index contributed by atoms with van der Waals surface area (Å²) in [6.07, 6.45) is 1.88. The lowest BCUT2D eigenvalue weighted by Gasteiger charge is -2.07. The number of nitrogens with zero attached hydrogens (tertiary/aromatic N) is 2. The van der Waals surface area contributed by atoms with Gasteiger partial charge in [0.1, 0.15) is 18.1 Å². The van der Waals surface area contributed by atoms with Gasteiger partial charge in [0.2, 0.25) is 0 Å². The lowest BCUT2D eigenvalue weighted by molar-refractivity contribution is 0.0711. The van der Waals surface area contributed by atoms with Gasteiger partial charge in [-0.25, -0.2) is 5.48 Å². The minimum Gasteiger partial charge on any atom is -0.492 e. The first kappa shape index (κ1) is 18.9. The van der Waals surface area contributed by atoms with Crippen molar-refractivity contribution in [3.05, 3.63) is 83.9 Å². The van der Waals surface area contributed by atoms with Crippen LogP contribution in [0.25, 0.3) is 21.7 Å². The zero-order valence-electron chi connectivity index (χ0n) is 15.5. The molecular weight excluding hydrogens is 386 g/mol. The van der Waals surface area contributed by atoms with Crippen molar-refractivity contribution in [1.29, 1.82) is 0 Å². The molecule has 0 aliphatic rings. The summed E-state index contributed by atoms with van der Waals surface area (Å²) in [6.45, 7) is 1.10. The number of hydroxylamine groups is 1. The molecular formula is C22H19N3O3S. The van der Waals surface area contributed by atoms with Crippen LogP contribution in [0.3, 0.4) is 0 Å². The van der Waals surface area contributed by atoms with Crippen molar-refractivity contribution < 1.29 is 14.7 Å². The number of ether oxygens (including phenoxy) is 1. The summed E-state index contributed by atoms with van der Waals surface area (Å²) in [5.41, 5.74) is 4.74. The molecule has 0 aliphatic carbocycles. The van der Waals surface area contributed by atoms with Crippen LogP contribution in [0.1, 0.15) is 9.67 Å². The van der Waals surface area contributed by atoms with E-state index in [2.05, 4.69) is 17.2 Å². The average molecular weight is 405 g/mol. The Labute approximate surface area is 172 Å². The third kappa shape index (κ3) is 4.53. The number of nitrogens with one attached hydrogen (secondary N) is 1. The zero-order chi connectivity index (χ0) is 20.1. The smallest absolute Gasteiger partial charge is 0.284 e. The van der Waals surface area contributed by atoms with Crippen molar-refractivity contribution in [3.63, 3.8) is 0 Å². The average Bonchev–Trinajstić information content (AvgIpc) is 3.44. The maximum atomic E-state index is 11.4. The third-order valence-electron chi connectivity index (χ3n) is 4.38. The van der Waals surface area contributed by atoms with E-state index >= 15 is 0 Å². The van der Waals surface area contributed by atoms with Crippen LogP contribution in [0.15, 0.2) is 79.0 Å². The molecule has 7 heteroatoms. The second kappa shape index (κ2) is 8.72. The van der Waals surface area contributed by atoms with E-state index in [1.165, 1.54) is 16.9 Å². The Morgan fingerprint density at radius 2 is 1.76 bits per heavy atom. The van der Waals surface area contributed by atoms with E-state index in [0.29, 0.717) is 18.0 Å². The fourth-order valence-corrected chi connectivity index (χ4v) is 3.76. The molecule has 0 saturated heterocycles. The van der Waals surface area contributed by atoms with Crippen LogP contribution in [0.4, 0.5) is 0 Å². The number of carbonyl (C=O) groups excluding carboxylic acids is 1. The molecule has 2 aromatic carbocycles. The maximum absolute atomic E-state index is 11.4. The zero-order valence-corrected chi connectivity index (χ0v) is 16.3. The predicted molar refractivity (Wildman–Crippen MR) is 112 cm³/mol. The minimum atomic E-state index is -0.521. The van der Waals surface area contributed by atoms with Gasteiger partial charge in [0, 0.05) is 6.20 Å². The maximum Gasteiger partial charge on any atom is 0.284 e. The Balaban J connectivity index is 1.32. The highest BCUT2D eigenvalue weighted by atomic mass is 32.1. The van der Waals surface area contributed by atoms with E-state index in [1.807, 2.05) is 60.8 Å². The number of thiophene rings is 1. The standard InChI is InChI=1S/C22H19N3O3S/c26-22(24-27)21-11-10-20(29-21)19-12-13-25(23-19)14-15-28-18-8-6-17(7-9-18)16-4-2-1-3-5-16/h1-13,27H,14-15H2,(H,24,26). The summed E-state index contributed by atoms with van der Waals surface area (Å²) in [5.74, 6) is 0.294. The highest BCUT2D eigenvalue weighted by molar-refractivity contribution is 7.17. The Hall–Kier alpha value is -3.42. The van der Waals surface area contributed by atoms with E-state index in [0.717, 1.165) is 21.9 Å². The van der Waals surface area contributed by atoms with Crippen molar-refractivity contribution in [3.8, 4) is 27.4 Å². The van der Waals surface area contributed by atoms with E-state index < -0.39 is 5.91 Å². The molecule has 4 rings (SSSR count). The summed E-state index contributed by atoms with van der Waals surface area (Å²) in [4.78, 5) is 12.7. The number of hydrogen-bond acceptors (Lipinski definition) is 5. The van der Waals surface area contributed by atoms with Crippen LogP contribution < -0.4 is 10.2 Å². The van der Waals surface area contributed by atoms with Gasteiger partial charge < -0.3 is 4.74 Å². The molecule has 4 aromatic rings. The van der Waals surface area contributed by atoms with Gasteiger partial charge in [-0.15, -0.1) is 11.3 Å². The third-order valence-corrected chi connectivity index (χ3v) is 5.48. The van der Waals surface area contributed by atoms with Gasteiger partial charge in [0.25, 0.3) is 5.91 Å². The highest BCUT2D eigenvalue weighted by Crippen LogP contribution is 2.26. The van der Waals surface area contributed by atoms with E-state index in [-0.39, 0.29) is 0 Å². The number of aromatic nitrogens is 2. The minimum absolute atomic E-state index is 0.430. The molecule has 2 N–H and O–H groups in total. The number of rotatable bonds is 7. The Bertz CT molecular complexity index is 1090. The van der Waals surface area contributed by atoms with Gasteiger partial charge in [-0.3, -0.25) is 14.7 Å². The molecule has 1 amide bonds. The quantitative estimate of drug-likeness (QED) is 0.351. The van der Waals surface area contributed by atoms with Crippen molar-refractivity contribution >= 4 is 17.2 Å². The molecule has 0 unspecified atom stereocenters. The van der Waals surface area contributed by atoms with Crippen LogP contribution in [-0.2, 0) is 6.54 Å². The summed E-state index contributed by atoms with van der Waals surface area (Å²) in [6, 6.07) is 23.6. The molecule has 0 aliphatic heterocycles. The lowest BCUT2D eigenvalue weighted by atomic mass is 10.1. The van der Waals surface area contributed by atoms with E-state index in [9.17, 15) is 4.79 Å². The van der Waals surface area contributed by atoms with Crippen LogP contribution in [0.5, 0.6) is 5.75 Å². The summed E-state index contributed by atoms with van der Waals surface area (Å²) < 4.78 is 7.63. The Morgan fingerprint density at radius 1 is 1.00 bits per heavy atom. The molecule has 29 heavy (non-hydrogen) atoms. The number of hydrogen-bond donors (Lipinski definition) is 2.